The second-order valence-electron chi connectivity index (χ2n) is 7.38. The number of carbonyl (C=O) groups is 1. The van der Waals surface area contributed by atoms with E-state index in [0.29, 0.717) is 34.8 Å². The summed E-state index contributed by atoms with van der Waals surface area (Å²) in [5.41, 5.74) is -0.820. The molecule has 2 aromatic heterocycles. The fourth-order valence-electron chi connectivity index (χ4n) is 3.52. The molecule has 1 N–H and O–H groups in total. The molecule has 0 aliphatic heterocycles. The Labute approximate surface area is 190 Å². The number of amides is 1. The van der Waals surface area contributed by atoms with Gasteiger partial charge in [0, 0.05) is 6.54 Å². The van der Waals surface area contributed by atoms with E-state index in [1.165, 1.54) is 22.8 Å². The number of hydrogen-bond acceptors (Lipinski definition) is 5. The lowest BCUT2D eigenvalue weighted by molar-refractivity contribution is -0.137. The van der Waals surface area contributed by atoms with Crippen molar-refractivity contribution in [3.63, 3.8) is 0 Å². The van der Waals surface area contributed by atoms with Crippen LogP contribution in [0.4, 0.5) is 18.9 Å². The van der Waals surface area contributed by atoms with Gasteiger partial charge >= 0.3 is 6.18 Å². The molecular formula is C22H20F3N5O2S. The Morgan fingerprint density at radius 1 is 1.12 bits per heavy atom. The zero-order chi connectivity index (χ0) is 23.8. The summed E-state index contributed by atoms with van der Waals surface area (Å²) in [5.74, 6) is -0.266. The van der Waals surface area contributed by atoms with E-state index in [0.717, 1.165) is 17.8 Å². The van der Waals surface area contributed by atoms with Crippen molar-refractivity contribution in [2.24, 2.45) is 0 Å². The normalized spacial score (nSPS) is 12.9. The smallest absolute Gasteiger partial charge is 0.325 e. The Balaban J connectivity index is 1.69. The second kappa shape index (κ2) is 8.89. The van der Waals surface area contributed by atoms with Gasteiger partial charge in [-0.25, -0.2) is 0 Å². The number of alkyl halides is 3. The molecule has 172 valence electrons. The molecule has 0 spiro atoms. The Morgan fingerprint density at radius 3 is 2.55 bits per heavy atom. The van der Waals surface area contributed by atoms with Crippen LogP contribution in [0.2, 0.25) is 0 Å². The standard InChI is InChI=1S/C22H20F3N5O2S/c1-3-12-29-19(32)14-8-4-7-11-17(14)30-20(29)27-28-21(30)33-13(2)18(31)26-16-10-6-5-9-15(16)22(23,24)25/h4-11,13H,3,12H2,1-2H3,(H,26,31). The third-order valence-electron chi connectivity index (χ3n) is 5.07. The minimum atomic E-state index is -4.59. The van der Waals surface area contributed by atoms with Crippen LogP contribution in [-0.4, -0.2) is 30.3 Å². The molecule has 0 saturated heterocycles. The largest absolute Gasteiger partial charge is 0.418 e. The predicted molar refractivity (Wildman–Crippen MR) is 120 cm³/mol. The summed E-state index contributed by atoms with van der Waals surface area (Å²) in [6, 6.07) is 11.8. The number of para-hydroxylation sites is 2. The molecule has 2 aromatic carbocycles. The zero-order valence-electron chi connectivity index (χ0n) is 17.8. The van der Waals surface area contributed by atoms with Crippen LogP contribution in [0.1, 0.15) is 25.8 Å². The number of fused-ring (bicyclic) bond motifs is 3. The second-order valence-corrected chi connectivity index (χ2v) is 8.69. The van der Waals surface area contributed by atoms with Gasteiger partial charge in [-0.3, -0.25) is 18.6 Å². The third kappa shape index (κ3) is 4.32. The SMILES string of the molecule is CCCn1c(=O)c2ccccc2n2c(SC(C)C(=O)Nc3ccccc3C(F)(F)F)nnc12. The van der Waals surface area contributed by atoms with Gasteiger partial charge in [0.1, 0.15) is 0 Å². The molecule has 1 amide bonds. The van der Waals surface area contributed by atoms with Gasteiger partial charge in [-0.1, -0.05) is 43.0 Å². The average Bonchev–Trinajstić information content (AvgIpc) is 3.19. The van der Waals surface area contributed by atoms with Crippen LogP contribution in [-0.2, 0) is 17.5 Å². The molecule has 4 rings (SSSR count). The fourth-order valence-corrected chi connectivity index (χ4v) is 4.38. The monoisotopic (exact) mass is 475 g/mol. The highest BCUT2D eigenvalue weighted by molar-refractivity contribution is 8.00. The van der Waals surface area contributed by atoms with Crippen molar-refractivity contribution < 1.29 is 18.0 Å². The number of hydrogen-bond donors (Lipinski definition) is 1. The summed E-state index contributed by atoms with van der Waals surface area (Å²) in [6.45, 7) is 3.96. The van der Waals surface area contributed by atoms with Crippen LogP contribution in [0.3, 0.4) is 0 Å². The quantitative estimate of drug-likeness (QED) is 0.413. The van der Waals surface area contributed by atoms with E-state index < -0.39 is 22.9 Å². The summed E-state index contributed by atoms with van der Waals surface area (Å²) in [5, 5.41) is 10.8. The summed E-state index contributed by atoms with van der Waals surface area (Å²) in [4.78, 5) is 25.6. The maximum absolute atomic E-state index is 13.3. The number of halogens is 3. The summed E-state index contributed by atoms with van der Waals surface area (Å²) in [7, 11) is 0. The molecule has 1 unspecified atom stereocenters. The van der Waals surface area contributed by atoms with Crippen molar-refractivity contribution in [2.45, 2.75) is 43.4 Å². The third-order valence-corrected chi connectivity index (χ3v) is 6.11. The fraction of sp³-hybridized carbons (Fsp3) is 0.273. The Kier molecular flexibility index (Phi) is 6.15. The molecule has 0 aliphatic rings. The van der Waals surface area contributed by atoms with Crippen LogP contribution >= 0.6 is 11.8 Å². The van der Waals surface area contributed by atoms with Gasteiger partial charge in [0.25, 0.3) is 5.56 Å². The van der Waals surface area contributed by atoms with Gasteiger partial charge in [0.15, 0.2) is 5.16 Å². The molecule has 7 nitrogen and oxygen atoms in total. The van der Waals surface area contributed by atoms with Crippen molar-refractivity contribution in [3.05, 3.63) is 64.4 Å². The number of aryl methyl sites for hydroxylation is 1. The van der Waals surface area contributed by atoms with Crippen molar-refractivity contribution in [1.29, 1.82) is 0 Å². The summed E-state index contributed by atoms with van der Waals surface area (Å²) < 4.78 is 43.0. The van der Waals surface area contributed by atoms with Crippen molar-refractivity contribution in [3.8, 4) is 0 Å². The van der Waals surface area contributed by atoms with Crippen molar-refractivity contribution >= 4 is 40.0 Å². The molecule has 4 aromatic rings. The molecule has 0 saturated carbocycles. The van der Waals surface area contributed by atoms with E-state index in [2.05, 4.69) is 15.5 Å². The number of thioether (sulfide) groups is 1. The Hall–Kier alpha value is -3.34. The number of carbonyl (C=O) groups excluding carboxylic acids is 1. The molecule has 33 heavy (non-hydrogen) atoms. The lowest BCUT2D eigenvalue weighted by atomic mass is 10.1. The number of benzene rings is 2. The van der Waals surface area contributed by atoms with E-state index in [4.69, 9.17) is 0 Å². The number of aromatic nitrogens is 4. The first-order valence-electron chi connectivity index (χ1n) is 10.2. The van der Waals surface area contributed by atoms with E-state index >= 15 is 0 Å². The first-order valence-corrected chi connectivity index (χ1v) is 11.1. The predicted octanol–water partition coefficient (Wildman–Crippen LogP) is 4.59. The maximum Gasteiger partial charge on any atom is 0.418 e. The van der Waals surface area contributed by atoms with Gasteiger partial charge < -0.3 is 5.32 Å². The molecule has 0 bridgehead atoms. The number of nitrogens with zero attached hydrogens (tertiary/aromatic N) is 4. The van der Waals surface area contributed by atoms with Crippen LogP contribution in [0.5, 0.6) is 0 Å². The maximum atomic E-state index is 13.3. The molecular weight excluding hydrogens is 455 g/mol. The van der Waals surface area contributed by atoms with Gasteiger partial charge in [-0.15, -0.1) is 10.2 Å². The van der Waals surface area contributed by atoms with Gasteiger partial charge in [0.05, 0.1) is 27.4 Å². The Bertz CT molecular complexity index is 1400. The molecule has 0 fully saturated rings. The summed E-state index contributed by atoms with van der Waals surface area (Å²) >= 11 is 1.05. The van der Waals surface area contributed by atoms with Gasteiger partial charge in [0.2, 0.25) is 11.7 Å². The van der Waals surface area contributed by atoms with E-state index in [1.54, 1.807) is 35.6 Å². The highest BCUT2D eigenvalue weighted by Crippen LogP contribution is 2.35. The first-order chi connectivity index (χ1) is 15.7. The molecule has 11 heteroatoms. The Morgan fingerprint density at radius 2 is 1.82 bits per heavy atom. The zero-order valence-corrected chi connectivity index (χ0v) is 18.6. The number of rotatable bonds is 6. The molecule has 0 aliphatic carbocycles. The minimum absolute atomic E-state index is 0.182. The van der Waals surface area contributed by atoms with E-state index in [-0.39, 0.29) is 11.2 Å². The number of nitrogens with one attached hydrogen (secondary N) is 1. The molecule has 0 radical (unpaired) electrons. The highest BCUT2D eigenvalue weighted by Gasteiger charge is 2.34. The van der Waals surface area contributed by atoms with Crippen LogP contribution in [0.25, 0.3) is 16.7 Å². The van der Waals surface area contributed by atoms with Crippen molar-refractivity contribution in [1.82, 2.24) is 19.2 Å². The average molecular weight is 475 g/mol. The minimum Gasteiger partial charge on any atom is -0.325 e. The van der Waals surface area contributed by atoms with Gasteiger partial charge in [-0.05, 0) is 37.6 Å². The van der Waals surface area contributed by atoms with Crippen LogP contribution in [0, 0.1) is 0 Å². The lowest BCUT2D eigenvalue weighted by Crippen LogP contribution is -2.25. The number of anilines is 1. The lowest BCUT2D eigenvalue weighted by Gasteiger charge is -2.16. The highest BCUT2D eigenvalue weighted by atomic mass is 32.2. The topological polar surface area (TPSA) is 81.3 Å². The summed E-state index contributed by atoms with van der Waals surface area (Å²) in [6.07, 6.45) is -3.88. The first kappa shape index (κ1) is 22.8. The van der Waals surface area contributed by atoms with Crippen LogP contribution < -0.4 is 10.9 Å². The van der Waals surface area contributed by atoms with E-state index in [9.17, 15) is 22.8 Å². The molecule has 1 atom stereocenters. The van der Waals surface area contributed by atoms with Crippen LogP contribution in [0.15, 0.2) is 58.5 Å². The van der Waals surface area contributed by atoms with E-state index in [1.807, 2.05) is 6.92 Å². The van der Waals surface area contributed by atoms with Gasteiger partial charge in [-0.2, -0.15) is 13.2 Å². The van der Waals surface area contributed by atoms with Crippen molar-refractivity contribution in [2.75, 3.05) is 5.32 Å². The molecule has 2 heterocycles.